The van der Waals surface area contributed by atoms with Gasteiger partial charge in [-0.25, -0.2) is 4.79 Å². The molecule has 0 bridgehead atoms. The minimum absolute atomic E-state index is 0.0499. The van der Waals surface area contributed by atoms with Gasteiger partial charge in [-0.15, -0.1) is 0 Å². The van der Waals surface area contributed by atoms with E-state index >= 15 is 0 Å². The van der Waals surface area contributed by atoms with Crippen LogP contribution in [0.4, 0.5) is 11.4 Å². The molecule has 1 aliphatic heterocycles. The molecule has 3 amide bonds. The third-order valence-corrected chi connectivity index (χ3v) is 9.57. The van der Waals surface area contributed by atoms with Crippen LogP contribution >= 0.6 is 23.2 Å². The number of aromatic carboxylic acids is 1. The fourth-order valence-corrected chi connectivity index (χ4v) is 6.61. The molecule has 1 fully saturated rings. The molecule has 268 valence electrons. The second-order valence-electron chi connectivity index (χ2n) is 12.4. The van der Waals surface area contributed by atoms with Gasteiger partial charge in [-0.3, -0.25) is 14.4 Å². The molecular formula is C42H36Cl2N4O5. The Kier molecular flexibility index (Phi) is 11.7. The summed E-state index contributed by atoms with van der Waals surface area (Å²) in [6, 6.07) is 35.6. The van der Waals surface area contributed by atoms with Crippen molar-refractivity contribution in [3.05, 3.63) is 154 Å². The van der Waals surface area contributed by atoms with E-state index in [2.05, 4.69) is 22.5 Å². The van der Waals surface area contributed by atoms with Crippen LogP contribution in [0.5, 0.6) is 0 Å². The van der Waals surface area contributed by atoms with Crippen LogP contribution in [-0.2, 0) is 0 Å². The number of carbonyl (C=O) groups is 4. The van der Waals surface area contributed by atoms with E-state index < -0.39 is 5.97 Å². The van der Waals surface area contributed by atoms with Crippen molar-refractivity contribution in [2.24, 2.45) is 0 Å². The number of likely N-dealkylation sites (N-methyl/N-ethyl adjacent to an activating group) is 1. The number of rotatable bonds is 7. The van der Waals surface area contributed by atoms with E-state index in [0.29, 0.717) is 45.5 Å². The molecule has 1 aliphatic rings. The normalized spacial score (nSPS) is 12.8. The lowest BCUT2D eigenvalue weighted by molar-refractivity contribution is 0.0643. The molecule has 0 spiro atoms. The van der Waals surface area contributed by atoms with Gasteiger partial charge in [0.25, 0.3) is 17.7 Å². The van der Waals surface area contributed by atoms with Crippen LogP contribution in [0.15, 0.2) is 121 Å². The third-order valence-electron chi connectivity index (χ3n) is 9.10. The van der Waals surface area contributed by atoms with Crippen molar-refractivity contribution in [1.82, 2.24) is 9.80 Å². The Morgan fingerprint density at radius 1 is 0.585 bits per heavy atom. The van der Waals surface area contributed by atoms with E-state index in [0.717, 1.165) is 41.2 Å². The van der Waals surface area contributed by atoms with Gasteiger partial charge in [0.2, 0.25) is 0 Å². The van der Waals surface area contributed by atoms with Crippen LogP contribution in [0.3, 0.4) is 0 Å². The smallest absolute Gasteiger partial charge is 0.337 e. The standard InChI is InChI=1S/C24H24ClN3O2.C18H12ClNO3/c1-2-27-12-14-28(15-13-27)24(30)21-16-18(25)10-11-22(21)26-23(29)20-9-5-7-17-6-3-4-8-19(17)20;19-12-8-9-16(15(10-12)18(22)23)20-17(21)14-7-3-5-11-4-1-2-6-13(11)14/h3-11,16H,2,12-15H2,1H3,(H,26,29);1-10H,(H,20,21)(H,22,23). The van der Waals surface area contributed by atoms with Gasteiger partial charge in [0, 0.05) is 47.4 Å². The van der Waals surface area contributed by atoms with Gasteiger partial charge in [-0.1, -0.05) is 103 Å². The number of hydrogen-bond donors (Lipinski definition) is 3. The fraction of sp³-hybridized carbons (Fsp3) is 0.143. The number of amides is 3. The summed E-state index contributed by atoms with van der Waals surface area (Å²) >= 11 is 12.0. The monoisotopic (exact) mass is 746 g/mol. The van der Waals surface area contributed by atoms with Gasteiger partial charge in [-0.2, -0.15) is 0 Å². The molecule has 3 N–H and O–H groups in total. The molecule has 1 heterocycles. The number of nitrogens with one attached hydrogen (secondary N) is 2. The van der Waals surface area contributed by atoms with Gasteiger partial charge in [0.05, 0.1) is 22.5 Å². The minimum Gasteiger partial charge on any atom is -0.478 e. The first-order valence-corrected chi connectivity index (χ1v) is 17.8. The summed E-state index contributed by atoms with van der Waals surface area (Å²) in [4.78, 5) is 54.2. The summed E-state index contributed by atoms with van der Waals surface area (Å²) in [5.74, 6) is -1.88. The molecule has 53 heavy (non-hydrogen) atoms. The van der Waals surface area contributed by atoms with Gasteiger partial charge < -0.3 is 25.5 Å². The molecule has 0 unspecified atom stereocenters. The summed E-state index contributed by atoms with van der Waals surface area (Å²) < 4.78 is 0. The van der Waals surface area contributed by atoms with Crippen molar-refractivity contribution in [3.8, 4) is 0 Å². The lowest BCUT2D eigenvalue weighted by Crippen LogP contribution is -2.48. The fourth-order valence-electron chi connectivity index (χ4n) is 6.27. The quantitative estimate of drug-likeness (QED) is 0.150. The number of carboxylic acids is 1. The largest absolute Gasteiger partial charge is 0.478 e. The van der Waals surface area contributed by atoms with E-state index in [1.165, 1.54) is 18.2 Å². The predicted molar refractivity (Wildman–Crippen MR) is 212 cm³/mol. The lowest BCUT2D eigenvalue weighted by atomic mass is 10.0. The second kappa shape index (κ2) is 16.7. The molecular weight excluding hydrogens is 711 g/mol. The summed E-state index contributed by atoms with van der Waals surface area (Å²) in [6.07, 6.45) is 0. The SMILES string of the molecule is CCN1CCN(C(=O)c2cc(Cl)ccc2NC(=O)c2cccc3ccccc23)CC1.O=C(O)c1cc(Cl)ccc1NC(=O)c1cccc2ccccc12. The summed E-state index contributed by atoms with van der Waals surface area (Å²) in [5, 5.41) is 19.2. The number of carbonyl (C=O) groups excluding carboxylic acids is 3. The van der Waals surface area contributed by atoms with E-state index in [-0.39, 0.29) is 29.0 Å². The Bertz CT molecular complexity index is 2330. The van der Waals surface area contributed by atoms with Crippen molar-refractivity contribution >= 4 is 79.8 Å². The molecule has 0 saturated carbocycles. The molecule has 0 aromatic heterocycles. The van der Waals surface area contributed by atoms with Crippen LogP contribution in [0.2, 0.25) is 10.0 Å². The van der Waals surface area contributed by atoms with E-state index in [4.69, 9.17) is 23.2 Å². The highest BCUT2D eigenvalue weighted by atomic mass is 35.5. The zero-order chi connectivity index (χ0) is 37.5. The van der Waals surface area contributed by atoms with Crippen LogP contribution in [-0.4, -0.2) is 71.3 Å². The first-order valence-electron chi connectivity index (χ1n) is 17.0. The highest BCUT2D eigenvalue weighted by Crippen LogP contribution is 2.27. The first kappa shape index (κ1) is 37.0. The highest BCUT2D eigenvalue weighted by Gasteiger charge is 2.25. The van der Waals surface area contributed by atoms with Gasteiger partial charge in [0.1, 0.15) is 0 Å². The van der Waals surface area contributed by atoms with Crippen LogP contribution in [0.25, 0.3) is 21.5 Å². The Morgan fingerprint density at radius 2 is 1.04 bits per heavy atom. The molecule has 11 heteroatoms. The van der Waals surface area contributed by atoms with Crippen molar-refractivity contribution in [2.75, 3.05) is 43.4 Å². The maximum absolute atomic E-state index is 13.2. The molecule has 9 nitrogen and oxygen atoms in total. The van der Waals surface area contributed by atoms with Gasteiger partial charge >= 0.3 is 5.97 Å². The molecule has 0 atom stereocenters. The van der Waals surface area contributed by atoms with Crippen molar-refractivity contribution in [3.63, 3.8) is 0 Å². The van der Waals surface area contributed by atoms with E-state index in [9.17, 15) is 24.3 Å². The Labute approximate surface area is 316 Å². The molecule has 0 aliphatic carbocycles. The van der Waals surface area contributed by atoms with Crippen LogP contribution in [0, 0.1) is 0 Å². The zero-order valence-electron chi connectivity index (χ0n) is 28.8. The molecule has 6 aromatic rings. The first-order chi connectivity index (χ1) is 25.6. The topological polar surface area (TPSA) is 119 Å². The van der Waals surface area contributed by atoms with Crippen molar-refractivity contribution < 1.29 is 24.3 Å². The number of piperazine rings is 1. The number of hydrogen-bond acceptors (Lipinski definition) is 5. The predicted octanol–water partition coefficient (Wildman–Crippen LogP) is 8.97. The molecule has 6 aromatic carbocycles. The Balaban J connectivity index is 0.000000188. The van der Waals surface area contributed by atoms with Crippen LogP contribution < -0.4 is 10.6 Å². The molecule has 7 rings (SSSR count). The number of anilines is 2. The maximum atomic E-state index is 13.2. The third kappa shape index (κ3) is 8.67. The summed E-state index contributed by atoms with van der Waals surface area (Å²) in [7, 11) is 0. The van der Waals surface area contributed by atoms with E-state index in [1.54, 1.807) is 36.4 Å². The Hall–Kier alpha value is -5.74. The average molecular weight is 748 g/mol. The number of nitrogens with zero attached hydrogens (tertiary/aromatic N) is 2. The lowest BCUT2D eigenvalue weighted by Gasteiger charge is -2.34. The summed E-state index contributed by atoms with van der Waals surface area (Å²) in [5.41, 5.74) is 2.10. The number of halogens is 2. The van der Waals surface area contributed by atoms with Gasteiger partial charge in [-0.05, 0) is 76.6 Å². The molecule has 1 saturated heterocycles. The number of benzene rings is 6. The number of fused-ring (bicyclic) bond motifs is 2. The number of carboxylic acid groups (broad SMARTS) is 1. The molecule has 0 radical (unpaired) electrons. The second-order valence-corrected chi connectivity index (χ2v) is 13.2. The van der Waals surface area contributed by atoms with Crippen molar-refractivity contribution in [2.45, 2.75) is 6.92 Å². The minimum atomic E-state index is -1.15. The van der Waals surface area contributed by atoms with Crippen molar-refractivity contribution in [1.29, 1.82) is 0 Å². The van der Waals surface area contributed by atoms with E-state index in [1.807, 2.05) is 71.6 Å². The Morgan fingerprint density at radius 3 is 1.53 bits per heavy atom. The average Bonchev–Trinajstić information content (AvgIpc) is 3.18. The maximum Gasteiger partial charge on any atom is 0.337 e. The zero-order valence-corrected chi connectivity index (χ0v) is 30.3. The van der Waals surface area contributed by atoms with Crippen LogP contribution in [0.1, 0.15) is 48.4 Å². The summed E-state index contributed by atoms with van der Waals surface area (Å²) in [6.45, 7) is 6.12. The van der Waals surface area contributed by atoms with Gasteiger partial charge in [0.15, 0.2) is 0 Å². The highest BCUT2D eigenvalue weighted by molar-refractivity contribution is 6.31.